The fraction of sp³-hybridized carbons (Fsp3) is 0.800. The summed E-state index contributed by atoms with van der Waals surface area (Å²) in [6.07, 6.45) is -4.18. The third kappa shape index (κ3) is 4.52. The minimum atomic E-state index is -4.42. The zero-order valence-corrected chi connectivity index (χ0v) is 9.96. The van der Waals surface area contributed by atoms with E-state index in [9.17, 15) is 22.8 Å². The lowest BCUT2D eigenvalue weighted by Crippen LogP contribution is -2.44. The normalized spacial score (nSPS) is 22.2. The first-order chi connectivity index (χ1) is 8.19. The van der Waals surface area contributed by atoms with Gasteiger partial charge in [-0.2, -0.15) is 13.2 Å². The van der Waals surface area contributed by atoms with Crippen molar-refractivity contribution in [1.29, 1.82) is 0 Å². The van der Waals surface area contributed by atoms with E-state index in [0.717, 1.165) is 0 Å². The molecular formula is C10H16F3N3O2. The second-order valence-electron chi connectivity index (χ2n) is 4.47. The molecule has 0 spiro atoms. The fourth-order valence-corrected chi connectivity index (χ4v) is 1.79. The van der Waals surface area contributed by atoms with Gasteiger partial charge in [0.05, 0.1) is 0 Å². The van der Waals surface area contributed by atoms with Gasteiger partial charge in [0.2, 0.25) is 11.8 Å². The van der Waals surface area contributed by atoms with E-state index in [2.05, 4.69) is 5.32 Å². The lowest BCUT2D eigenvalue weighted by molar-refractivity contribution is -0.158. The van der Waals surface area contributed by atoms with Gasteiger partial charge in [-0.3, -0.25) is 9.59 Å². The molecule has 0 radical (unpaired) electrons. The van der Waals surface area contributed by atoms with Gasteiger partial charge >= 0.3 is 6.18 Å². The van der Waals surface area contributed by atoms with E-state index in [0.29, 0.717) is 4.90 Å². The summed E-state index contributed by atoms with van der Waals surface area (Å²) >= 11 is 0. The van der Waals surface area contributed by atoms with Gasteiger partial charge < -0.3 is 16.0 Å². The zero-order chi connectivity index (χ0) is 13.9. The summed E-state index contributed by atoms with van der Waals surface area (Å²) in [5.41, 5.74) is 5.41. The number of nitrogens with two attached hydrogens (primary N) is 1. The highest BCUT2D eigenvalue weighted by atomic mass is 19.4. The number of carbonyl (C=O) groups is 2. The Morgan fingerprint density at radius 2 is 2.22 bits per heavy atom. The number of hydrogen-bond acceptors (Lipinski definition) is 3. The number of hydrogen-bond donors (Lipinski definition) is 2. The molecule has 1 aliphatic rings. The lowest BCUT2D eigenvalue weighted by atomic mass is 10.2. The van der Waals surface area contributed by atoms with Crippen LogP contribution >= 0.6 is 0 Å². The minimum absolute atomic E-state index is 0.00146. The SMILES string of the molecule is CC(N)CC(=O)NC1CCN(CC(F)(F)F)C1=O. The van der Waals surface area contributed by atoms with Crippen LogP contribution < -0.4 is 11.1 Å². The van der Waals surface area contributed by atoms with Crippen LogP contribution in [0.25, 0.3) is 0 Å². The molecule has 104 valence electrons. The molecule has 0 aromatic rings. The molecule has 1 fully saturated rings. The molecule has 0 saturated carbocycles. The highest BCUT2D eigenvalue weighted by Crippen LogP contribution is 2.20. The first-order valence-electron chi connectivity index (χ1n) is 5.59. The molecular weight excluding hydrogens is 251 g/mol. The van der Waals surface area contributed by atoms with Crippen LogP contribution in [0.2, 0.25) is 0 Å². The lowest BCUT2D eigenvalue weighted by Gasteiger charge is -2.18. The molecule has 0 aromatic heterocycles. The third-order valence-corrected chi connectivity index (χ3v) is 2.51. The Balaban J connectivity index is 2.47. The van der Waals surface area contributed by atoms with Crippen molar-refractivity contribution < 1.29 is 22.8 Å². The molecule has 3 N–H and O–H groups in total. The number of rotatable bonds is 4. The van der Waals surface area contributed by atoms with E-state index in [-0.39, 0.29) is 25.4 Å². The zero-order valence-electron chi connectivity index (χ0n) is 9.96. The maximum absolute atomic E-state index is 12.1. The molecule has 1 aliphatic heterocycles. The number of likely N-dealkylation sites (tertiary alicyclic amines) is 1. The number of nitrogens with one attached hydrogen (secondary N) is 1. The van der Waals surface area contributed by atoms with Crippen molar-refractivity contribution in [2.75, 3.05) is 13.1 Å². The summed E-state index contributed by atoms with van der Waals surface area (Å²) in [5, 5.41) is 2.40. The summed E-state index contributed by atoms with van der Waals surface area (Å²) < 4.78 is 36.4. The highest BCUT2D eigenvalue weighted by molar-refractivity contribution is 5.89. The van der Waals surface area contributed by atoms with E-state index < -0.39 is 30.6 Å². The molecule has 18 heavy (non-hydrogen) atoms. The molecule has 0 aromatic carbocycles. The van der Waals surface area contributed by atoms with E-state index in [4.69, 9.17) is 5.73 Å². The van der Waals surface area contributed by atoms with Gasteiger partial charge in [-0.05, 0) is 13.3 Å². The summed E-state index contributed by atoms with van der Waals surface area (Å²) in [5.74, 6) is -1.11. The van der Waals surface area contributed by atoms with E-state index in [1.54, 1.807) is 6.92 Å². The molecule has 8 heteroatoms. The molecule has 1 heterocycles. The van der Waals surface area contributed by atoms with E-state index in [1.807, 2.05) is 0 Å². The molecule has 2 atom stereocenters. The first-order valence-corrected chi connectivity index (χ1v) is 5.59. The second-order valence-corrected chi connectivity index (χ2v) is 4.47. The predicted molar refractivity (Wildman–Crippen MR) is 57.4 cm³/mol. The van der Waals surface area contributed by atoms with Crippen molar-refractivity contribution >= 4 is 11.8 Å². The van der Waals surface area contributed by atoms with Crippen LogP contribution in [-0.2, 0) is 9.59 Å². The van der Waals surface area contributed by atoms with Gasteiger partial charge in [-0.15, -0.1) is 0 Å². The van der Waals surface area contributed by atoms with Crippen molar-refractivity contribution in [3.63, 3.8) is 0 Å². The number of nitrogens with zero attached hydrogens (tertiary/aromatic N) is 1. The Morgan fingerprint density at radius 1 is 1.61 bits per heavy atom. The van der Waals surface area contributed by atoms with Crippen LogP contribution in [0.4, 0.5) is 13.2 Å². The molecule has 5 nitrogen and oxygen atoms in total. The fourth-order valence-electron chi connectivity index (χ4n) is 1.79. The topological polar surface area (TPSA) is 75.4 Å². The summed E-state index contributed by atoms with van der Waals surface area (Å²) in [4.78, 5) is 23.7. The number of alkyl halides is 3. The van der Waals surface area contributed by atoms with Crippen molar-refractivity contribution in [2.24, 2.45) is 5.73 Å². The van der Waals surface area contributed by atoms with Crippen LogP contribution in [0.3, 0.4) is 0 Å². The molecule has 1 saturated heterocycles. The monoisotopic (exact) mass is 267 g/mol. The van der Waals surface area contributed by atoms with Crippen molar-refractivity contribution in [3.05, 3.63) is 0 Å². The summed E-state index contributed by atoms with van der Waals surface area (Å²) in [7, 11) is 0. The van der Waals surface area contributed by atoms with Crippen LogP contribution in [-0.4, -0.2) is 48.1 Å². The van der Waals surface area contributed by atoms with Crippen molar-refractivity contribution in [1.82, 2.24) is 10.2 Å². The quantitative estimate of drug-likeness (QED) is 0.753. The Labute approximate surface area is 102 Å². The molecule has 2 unspecified atom stereocenters. The van der Waals surface area contributed by atoms with Crippen molar-refractivity contribution in [2.45, 2.75) is 38.0 Å². The summed E-state index contributed by atoms with van der Waals surface area (Å²) in [6.45, 7) is 0.360. The average molecular weight is 267 g/mol. The predicted octanol–water partition coefficient (Wildman–Crippen LogP) is 0.00310. The first kappa shape index (κ1) is 14.7. The Morgan fingerprint density at radius 3 is 2.72 bits per heavy atom. The Bertz CT molecular complexity index is 331. The van der Waals surface area contributed by atoms with Gasteiger partial charge in [-0.25, -0.2) is 0 Å². The molecule has 0 aliphatic carbocycles. The largest absolute Gasteiger partial charge is 0.406 e. The maximum Gasteiger partial charge on any atom is 0.406 e. The van der Waals surface area contributed by atoms with E-state index >= 15 is 0 Å². The third-order valence-electron chi connectivity index (χ3n) is 2.51. The van der Waals surface area contributed by atoms with Gasteiger partial charge in [0, 0.05) is 19.0 Å². The van der Waals surface area contributed by atoms with Crippen LogP contribution in [0, 0.1) is 0 Å². The number of halogens is 3. The maximum atomic E-state index is 12.1. The summed E-state index contributed by atoms with van der Waals surface area (Å²) in [6, 6.07) is -1.22. The second kappa shape index (κ2) is 5.55. The molecule has 2 amide bonds. The van der Waals surface area contributed by atoms with Gasteiger partial charge in [0.1, 0.15) is 12.6 Å². The molecule has 0 bridgehead atoms. The van der Waals surface area contributed by atoms with Gasteiger partial charge in [0.25, 0.3) is 0 Å². The standard InChI is InChI=1S/C10H16F3N3O2/c1-6(14)4-8(17)15-7-2-3-16(9(7)18)5-10(11,12)13/h6-7H,2-5,14H2,1H3,(H,15,17). The highest BCUT2D eigenvalue weighted by Gasteiger charge is 2.39. The smallest absolute Gasteiger partial charge is 0.344 e. The van der Waals surface area contributed by atoms with Gasteiger partial charge in [-0.1, -0.05) is 0 Å². The number of amides is 2. The minimum Gasteiger partial charge on any atom is -0.344 e. The van der Waals surface area contributed by atoms with E-state index in [1.165, 1.54) is 0 Å². The average Bonchev–Trinajstić information content (AvgIpc) is 2.46. The number of carbonyl (C=O) groups excluding carboxylic acids is 2. The van der Waals surface area contributed by atoms with Crippen LogP contribution in [0.1, 0.15) is 19.8 Å². The van der Waals surface area contributed by atoms with Crippen molar-refractivity contribution in [3.8, 4) is 0 Å². The van der Waals surface area contributed by atoms with Gasteiger partial charge in [0.15, 0.2) is 0 Å². The Kier molecular flexibility index (Phi) is 4.55. The van der Waals surface area contributed by atoms with Crippen LogP contribution in [0.5, 0.6) is 0 Å². The Hall–Kier alpha value is -1.31. The van der Waals surface area contributed by atoms with Crippen LogP contribution in [0.15, 0.2) is 0 Å². The molecule has 1 rings (SSSR count).